The van der Waals surface area contributed by atoms with E-state index in [-0.39, 0.29) is 23.7 Å². The van der Waals surface area contributed by atoms with E-state index < -0.39 is 0 Å². The smallest absolute Gasteiger partial charge is 0.230 e. The van der Waals surface area contributed by atoms with Crippen molar-refractivity contribution in [2.75, 3.05) is 20.3 Å². The first-order valence-electron chi connectivity index (χ1n) is 4.78. The fourth-order valence-electron chi connectivity index (χ4n) is 1.79. The maximum Gasteiger partial charge on any atom is 0.230 e. The molecule has 0 radical (unpaired) electrons. The van der Waals surface area contributed by atoms with Crippen molar-refractivity contribution >= 4 is 11.7 Å². The van der Waals surface area contributed by atoms with E-state index in [1.54, 1.807) is 12.0 Å². The van der Waals surface area contributed by atoms with Gasteiger partial charge in [-0.05, 0) is 13.8 Å². The van der Waals surface area contributed by atoms with Crippen LogP contribution in [-0.2, 0) is 14.3 Å². The summed E-state index contributed by atoms with van der Waals surface area (Å²) in [5.74, 6) is -0.0391. The number of ketones is 1. The van der Waals surface area contributed by atoms with E-state index in [4.69, 9.17) is 4.74 Å². The third-order valence-corrected chi connectivity index (χ3v) is 2.49. The van der Waals surface area contributed by atoms with E-state index in [9.17, 15) is 9.59 Å². The van der Waals surface area contributed by atoms with Gasteiger partial charge in [-0.15, -0.1) is 0 Å². The fraction of sp³-hybridized carbons (Fsp3) is 0.800. The van der Waals surface area contributed by atoms with Crippen LogP contribution in [0.3, 0.4) is 0 Å². The zero-order chi connectivity index (χ0) is 10.8. The Morgan fingerprint density at radius 1 is 1.43 bits per heavy atom. The van der Waals surface area contributed by atoms with E-state index in [0.717, 1.165) is 0 Å². The number of carbonyl (C=O) groups excluding carboxylic acids is 2. The molecule has 1 aliphatic rings. The second-order valence-corrected chi connectivity index (χ2v) is 4.26. The first kappa shape index (κ1) is 11.2. The number of piperidine rings is 1. The molecule has 1 heterocycles. The van der Waals surface area contributed by atoms with Crippen LogP contribution in [0, 0.1) is 0 Å². The monoisotopic (exact) mass is 199 g/mol. The van der Waals surface area contributed by atoms with Crippen molar-refractivity contribution < 1.29 is 14.3 Å². The van der Waals surface area contributed by atoms with Crippen molar-refractivity contribution in [2.24, 2.45) is 0 Å². The first-order valence-corrected chi connectivity index (χ1v) is 4.78. The Morgan fingerprint density at radius 2 is 2.07 bits per heavy atom. The van der Waals surface area contributed by atoms with Crippen LogP contribution in [0.2, 0.25) is 0 Å². The van der Waals surface area contributed by atoms with Gasteiger partial charge in [0, 0.05) is 20.1 Å². The van der Waals surface area contributed by atoms with E-state index in [2.05, 4.69) is 0 Å². The van der Waals surface area contributed by atoms with Crippen LogP contribution in [0.25, 0.3) is 0 Å². The molecule has 1 amide bonds. The maximum atomic E-state index is 11.6. The fourth-order valence-corrected chi connectivity index (χ4v) is 1.79. The van der Waals surface area contributed by atoms with E-state index in [1.165, 1.54) is 0 Å². The van der Waals surface area contributed by atoms with E-state index >= 15 is 0 Å². The lowest BCUT2D eigenvalue weighted by atomic mass is 9.98. The van der Waals surface area contributed by atoms with Gasteiger partial charge in [-0.2, -0.15) is 0 Å². The second kappa shape index (κ2) is 4.09. The summed E-state index contributed by atoms with van der Waals surface area (Å²) in [5.41, 5.74) is -0.313. The molecule has 4 nitrogen and oxygen atoms in total. The van der Waals surface area contributed by atoms with Crippen molar-refractivity contribution in [3.05, 3.63) is 0 Å². The van der Waals surface area contributed by atoms with Gasteiger partial charge < -0.3 is 9.64 Å². The van der Waals surface area contributed by atoms with Crippen molar-refractivity contribution in [1.29, 1.82) is 0 Å². The summed E-state index contributed by atoms with van der Waals surface area (Å²) < 4.78 is 5.06. The van der Waals surface area contributed by atoms with Crippen LogP contribution in [-0.4, -0.2) is 42.4 Å². The summed E-state index contributed by atoms with van der Waals surface area (Å²) in [7, 11) is 1.61. The Balaban J connectivity index is 2.68. The SMILES string of the molecule is COCC(C)(C)N1CCC(=O)CC1=O. The summed E-state index contributed by atoms with van der Waals surface area (Å²) in [6.45, 7) is 4.91. The van der Waals surface area contributed by atoms with Gasteiger partial charge in [-0.25, -0.2) is 0 Å². The van der Waals surface area contributed by atoms with Crippen LogP contribution in [0.15, 0.2) is 0 Å². The van der Waals surface area contributed by atoms with Gasteiger partial charge in [-0.1, -0.05) is 0 Å². The summed E-state index contributed by atoms with van der Waals surface area (Å²) in [4.78, 5) is 24.3. The molecule has 0 aromatic heterocycles. The quantitative estimate of drug-likeness (QED) is 0.625. The average Bonchev–Trinajstić information content (AvgIpc) is 2.02. The van der Waals surface area contributed by atoms with Gasteiger partial charge in [0.05, 0.1) is 18.6 Å². The molecule has 0 unspecified atom stereocenters. The topological polar surface area (TPSA) is 46.6 Å². The molecule has 1 saturated heterocycles. The standard InChI is InChI=1S/C10H17NO3/c1-10(2,7-14-3)11-5-4-8(12)6-9(11)13/h4-7H2,1-3H3. The summed E-state index contributed by atoms with van der Waals surface area (Å²) in [5, 5.41) is 0. The Morgan fingerprint density at radius 3 is 2.57 bits per heavy atom. The zero-order valence-corrected chi connectivity index (χ0v) is 9.00. The Labute approximate surface area is 84.2 Å². The van der Waals surface area contributed by atoms with Crippen molar-refractivity contribution in [1.82, 2.24) is 4.90 Å². The molecule has 1 fully saturated rings. The molecule has 14 heavy (non-hydrogen) atoms. The third kappa shape index (κ3) is 2.32. The van der Waals surface area contributed by atoms with Gasteiger partial charge >= 0.3 is 0 Å². The molecule has 0 bridgehead atoms. The van der Waals surface area contributed by atoms with Crippen molar-refractivity contribution in [2.45, 2.75) is 32.2 Å². The van der Waals surface area contributed by atoms with Gasteiger partial charge in [0.15, 0.2) is 0 Å². The van der Waals surface area contributed by atoms with Crippen LogP contribution in [0.4, 0.5) is 0 Å². The largest absolute Gasteiger partial charge is 0.382 e. The molecular weight excluding hydrogens is 182 g/mol. The molecule has 0 atom stereocenters. The number of methoxy groups -OCH3 is 1. The van der Waals surface area contributed by atoms with Gasteiger partial charge in [0.25, 0.3) is 0 Å². The second-order valence-electron chi connectivity index (χ2n) is 4.26. The summed E-state index contributed by atoms with van der Waals surface area (Å²) in [6, 6.07) is 0. The lowest BCUT2D eigenvalue weighted by Gasteiger charge is -2.40. The van der Waals surface area contributed by atoms with E-state index in [0.29, 0.717) is 19.6 Å². The highest BCUT2D eigenvalue weighted by molar-refractivity contribution is 6.00. The first-order chi connectivity index (χ1) is 6.47. The number of Topliss-reactive ketones (excluding diaryl/α,β-unsaturated/α-hetero) is 1. The number of carbonyl (C=O) groups is 2. The minimum absolute atomic E-state index is 0.0412. The molecule has 0 aromatic rings. The number of likely N-dealkylation sites (tertiary alicyclic amines) is 1. The average molecular weight is 199 g/mol. The molecule has 0 N–H and O–H groups in total. The Kier molecular flexibility index (Phi) is 3.26. The van der Waals surface area contributed by atoms with Crippen LogP contribution >= 0.6 is 0 Å². The normalized spacial score (nSPS) is 18.9. The third-order valence-electron chi connectivity index (χ3n) is 2.49. The number of rotatable bonds is 3. The molecule has 0 saturated carbocycles. The molecule has 0 spiro atoms. The van der Waals surface area contributed by atoms with Crippen LogP contribution in [0.1, 0.15) is 26.7 Å². The van der Waals surface area contributed by atoms with Gasteiger partial charge in [0.1, 0.15) is 5.78 Å². The van der Waals surface area contributed by atoms with Crippen molar-refractivity contribution in [3.8, 4) is 0 Å². The maximum absolute atomic E-state index is 11.6. The molecule has 0 aromatic carbocycles. The minimum Gasteiger partial charge on any atom is -0.382 e. The summed E-state index contributed by atoms with van der Waals surface area (Å²) in [6.07, 6.45) is 0.520. The van der Waals surface area contributed by atoms with Crippen LogP contribution in [0.5, 0.6) is 0 Å². The molecule has 1 rings (SSSR count). The van der Waals surface area contributed by atoms with Gasteiger partial charge in [0.2, 0.25) is 5.91 Å². The minimum atomic E-state index is -0.313. The summed E-state index contributed by atoms with van der Waals surface area (Å²) >= 11 is 0. The highest BCUT2D eigenvalue weighted by Crippen LogP contribution is 2.20. The highest BCUT2D eigenvalue weighted by atomic mass is 16.5. The molecule has 1 aliphatic heterocycles. The molecule has 4 heteroatoms. The van der Waals surface area contributed by atoms with Crippen molar-refractivity contribution in [3.63, 3.8) is 0 Å². The highest BCUT2D eigenvalue weighted by Gasteiger charge is 2.34. The molecule has 0 aliphatic carbocycles. The number of hydrogen-bond acceptors (Lipinski definition) is 3. The Hall–Kier alpha value is -0.900. The van der Waals surface area contributed by atoms with E-state index in [1.807, 2.05) is 13.8 Å². The number of hydrogen-bond donors (Lipinski definition) is 0. The van der Waals surface area contributed by atoms with Gasteiger partial charge in [-0.3, -0.25) is 9.59 Å². The predicted molar refractivity (Wildman–Crippen MR) is 51.9 cm³/mol. The zero-order valence-electron chi connectivity index (χ0n) is 9.00. The number of amides is 1. The molecular formula is C10H17NO3. The number of nitrogens with zero attached hydrogens (tertiary/aromatic N) is 1. The predicted octanol–water partition coefficient (Wildman–Crippen LogP) is 0.603. The number of ether oxygens (including phenoxy) is 1. The molecule has 80 valence electrons. The lowest BCUT2D eigenvalue weighted by molar-refractivity contribution is -0.146. The van der Waals surface area contributed by atoms with Crippen LogP contribution < -0.4 is 0 Å². The lowest BCUT2D eigenvalue weighted by Crippen LogP contribution is -2.53. The Bertz CT molecular complexity index is 248.